The van der Waals surface area contributed by atoms with Gasteiger partial charge in [0.1, 0.15) is 0 Å². The van der Waals surface area contributed by atoms with Crippen molar-refractivity contribution in [2.45, 2.75) is 19.8 Å². The summed E-state index contributed by atoms with van der Waals surface area (Å²) in [5.41, 5.74) is 1.07. The van der Waals surface area contributed by atoms with Crippen molar-refractivity contribution in [3.05, 3.63) is 29.0 Å². The first-order chi connectivity index (χ1) is 8.13. The second-order valence-electron chi connectivity index (χ2n) is 3.85. The Morgan fingerprint density at radius 2 is 2.35 bits per heavy atom. The molecular weight excluding hydrogens is 236 g/mol. The number of nitrogens with one attached hydrogen (secondary N) is 1. The predicted octanol–water partition coefficient (Wildman–Crippen LogP) is 1.76. The number of rotatable bonds is 4. The Bertz CT molecular complexity index is 517. The lowest BCUT2D eigenvalue weighted by atomic mass is 10.2. The van der Waals surface area contributed by atoms with Crippen molar-refractivity contribution in [2.24, 2.45) is 7.05 Å². The summed E-state index contributed by atoms with van der Waals surface area (Å²) in [5.74, 6) is -0.0109. The van der Waals surface area contributed by atoms with Crippen LogP contribution in [0.2, 0.25) is 0 Å². The fourth-order valence-electron chi connectivity index (χ4n) is 1.45. The van der Waals surface area contributed by atoms with Crippen LogP contribution >= 0.6 is 11.3 Å². The number of carbonyl (C=O) groups excluding carboxylic acids is 1. The summed E-state index contributed by atoms with van der Waals surface area (Å²) >= 11 is 1.48. The van der Waals surface area contributed by atoms with E-state index in [1.54, 1.807) is 17.1 Å². The van der Waals surface area contributed by atoms with Crippen molar-refractivity contribution in [3.63, 3.8) is 0 Å². The molecule has 2 aromatic heterocycles. The van der Waals surface area contributed by atoms with Crippen molar-refractivity contribution in [2.75, 3.05) is 5.32 Å². The third-order valence-electron chi connectivity index (χ3n) is 2.27. The average Bonchev–Trinajstić information content (AvgIpc) is 2.85. The number of nitrogens with zero attached hydrogens (tertiary/aromatic N) is 3. The van der Waals surface area contributed by atoms with E-state index < -0.39 is 0 Å². The van der Waals surface area contributed by atoms with Gasteiger partial charge in [-0.1, -0.05) is 0 Å². The molecule has 2 rings (SSSR count). The standard InChI is InChI=1S/C11H14N4OS/c1-8-5-12-11(17-8)14-10(16)4-3-9-6-13-15(2)7-9/h5-7H,3-4H2,1-2H3,(H,12,14,16). The highest BCUT2D eigenvalue weighted by Gasteiger charge is 2.06. The highest BCUT2D eigenvalue weighted by atomic mass is 32.1. The molecule has 2 aromatic rings. The summed E-state index contributed by atoms with van der Waals surface area (Å²) in [6.07, 6.45) is 6.59. The molecule has 0 bridgehead atoms. The lowest BCUT2D eigenvalue weighted by Crippen LogP contribution is -2.11. The first-order valence-corrected chi connectivity index (χ1v) is 6.15. The molecule has 17 heavy (non-hydrogen) atoms. The predicted molar refractivity (Wildman–Crippen MR) is 67.0 cm³/mol. The van der Waals surface area contributed by atoms with Gasteiger partial charge in [-0.15, -0.1) is 11.3 Å². The molecule has 0 aliphatic rings. The Labute approximate surface area is 103 Å². The third kappa shape index (κ3) is 3.39. The van der Waals surface area contributed by atoms with Crippen LogP contribution in [0, 0.1) is 6.92 Å². The van der Waals surface area contributed by atoms with E-state index in [9.17, 15) is 4.79 Å². The Balaban J connectivity index is 1.82. The normalized spacial score (nSPS) is 10.5. The molecule has 5 nitrogen and oxygen atoms in total. The van der Waals surface area contributed by atoms with Crippen molar-refractivity contribution >= 4 is 22.4 Å². The second kappa shape index (κ2) is 5.09. The summed E-state index contributed by atoms with van der Waals surface area (Å²) in [6, 6.07) is 0. The zero-order valence-corrected chi connectivity index (χ0v) is 10.6. The minimum atomic E-state index is -0.0109. The monoisotopic (exact) mass is 250 g/mol. The van der Waals surface area contributed by atoms with Crippen LogP contribution in [-0.4, -0.2) is 20.7 Å². The topological polar surface area (TPSA) is 59.8 Å². The van der Waals surface area contributed by atoms with Crippen molar-refractivity contribution in [1.29, 1.82) is 0 Å². The van der Waals surface area contributed by atoms with Gasteiger partial charge in [0.25, 0.3) is 0 Å². The van der Waals surface area contributed by atoms with Crippen LogP contribution in [0.3, 0.4) is 0 Å². The lowest BCUT2D eigenvalue weighted by Gasteiger charge is -1.99. The van der Waals surface area contributed by atoms with Crippen LogP contribution in [0.25, 0.3) is 0 Å². The Morgan fingerprint density at radius 1 is 1.53 bits per heavy atom. The Morgan fingerprint density at radius 3 is 2.94 bits per heavy atom. The Hall–Kier alpha value is -1.69. The van der Waals surface area contributed by atoms with Gasteiger partial charge in [-0.2, -0.15) is 5.10 Å². The largest absolute Gasteiger partial charge is 0.302 e. The molecule has 0 fully saturated rings. The smallest absolute Gasteiger partial charge is 0.226 e. The zero-order valence-electron chi connectivity index (χ0n) is 9.80. The van der Waals surface area contributed by atoms with Gasteiger partial charge < -0.3 is 5.32 Å². The molecule has 0 radical (unpaired) electrons. The van der Waals surface area contributed by atoms with Gasteiger partial charge in [0.05, 0.1) is 6.20 Å². The fourth-order valence-corrected chi connectivity index (χ4v) is 2.13. The number of hydrogen-bond acceptors (Lipinski definition) is 4. The summed E-state index contributed by atoms with van der Waals surface area (Å²) in [6.45, 7) is 1.96. The number of thiazole rings is 1. The van der Waals surface area contributed by atoms with Gasteiger partial charge in [0.2, 0.25) is 5.91 Å². The molecule has 0 saturated heterocycles. The van der Waals surface area contributed by atoms with Gasteiger partial charge in [-0.25, -0.2) is 4.98 Å². The number of aryl methyl sites for hydroxylation is 3. The molecular formula is C11H14N4OS. The quantitative estimate of drug-likeness (QED) is 0.899. The minimum absolute atomic E-state index is 0.0109. The SMILES string of the molecule is Cc1cnc(NC(=O)CCc2cnn(C)c2)s1. The second-order valence-corrected chi connectivity index (χ2v) is 5.08. The molecule has 1 N–H and O–H groups in total. The van der Waals surface area contributed by atoms with Crippen molar-refractivity contribution in [1.82, 2.24) is 14.8 Å². The molecule has 0 spiro atoms. The highest BCUT2D eigenvalue weighted by molar-refractivity contribution is 7.15. The molecule has 0 aromatic carbocycles. The van der Waals surface area contributed by atoms with E-state index >= 15 is 0 Å². The Kier molecular flexibility index (Phi) is 3.53. The number of carbonyl (C=O) groups is 1. The summed E-state index contributed by atoms with van der Waals surface area (Å²) in [7, 11) is 1.86. The minimum Gasteiger partial charge on any atom is -0.302 e. The van der Waals surface area contributed by atoms with Crippen molar-refractivity contribution in [3.8, 4) is 0 Å². The first kappa shape index (κ1) is 11.8. The van der Waals surface area contributed by atoms with Gasteiger partial charge in [-0.05, 0) is 18.9 Å². The highest BCUT2D eigenvalue weighted by Crippen LogP contribution is 2.16. The lowest BCUT2D eigenvalue weighted by molar-refractivity contribution is -0.116. The van der Waals surface area contributed by atoms with E-state index in [1.165, 1.54) is 11.3 Å². The van der Waals surface area contributed by atoms with Gasteiger partial charge in [0.15, 0.2) is 5.13 Å². The van der Waals surface area contributed by atoms with Crippen LogP contribution in [-0.2, 0) is 18.3 Å². The van der Waals surface area contributed by atoms with E-state index in [1.807, 2.05) is 20.2 Å². The maximum absolute atomic E-state index is 11.6. The molecule has 90 valence electrons. The third-order valence-corrected chi connectivity index (χ3v) is 3.09. The van der Waals surface area contributed by atoms with E-state index in [0.29, 0.717) is 18.0 Å². The van der Waals surface area contributed by atoms with Crippen LogP contribution in [0.15, 0.2) is 18.6 Å². The van der Waals surface area contributed by atoms with Gasteiger partial charge in [0, 0.05) is 30.7 Å². The number of hydrogen-bond donors (Lipinski definition) is 1. The van der Waals surface area contributed by atoms with Crippen molar-refractivity contribution < 1.29 is 4.79 Å². The molecule has 0 aliphatic heterocycles. The van der Waals surface area contributed by atoms with Crippen LogP contribution in [0.5, 0.6) is 0 Å². The van der Waals surface area contributed by atoms with Crippen LogP contribution < -0.4 is 5.32 Å². The molecule has 0 saturated carbocycles. The number of anilines is 1. The fraction of sp³-hybridized carbons (Fsp3) is 0.364. The molecule has 0 unspecified atom stereocenters. The number of amides is 1. The van der Waals surface area contributed by atoms with Crippen LogP contribution in [0.4, 0.5) is 5.13 Å². The van der Waals surface area contributed by atoms with E-state index in [0.717, 1.165) is 10.4 Å². The zero-order chi connectivity index (χ0) is 12.3. The van der Waals surface area contributed by atoms with E-state index in [2.05, 4.69) is 15.4 Å². The molecule has 0 aliphatic carbocycles. The maximum Gasteiger partial charge on any atom is 0.226 e. The molecule has 2 heterocycles. The average molecular weight is 250 g/mol. The number of aromatic nitrogens is 3. The van der Waals surface area contributed by atoms with E-state index in [-0.39, 0.29) is 5.91 Å². The summed E-state index contributed by atoms with van der Waals surface area (Å²) in [4.78, 5) is 16.8. The first-order valence-electron chi connectivity index (χ1n) is 5.33. The van der Waals surface area contributed by atoms with Gasteiger partial charge in [-0.3, -0.25) is 9.48 Å². The van der Waals surface area contributed by atoms with Gasteiger partial charge >= 0.3 is 0 Å². The summed E-state index contributed by atoms with van der Waals surface area (Å²) < 4.78 is 1.73. The molecule has 0 atom stereocenters. The molecule has 6 heteroatoms. The summed E-state index contributed by atoms with van der Waals surface area (Å²) in [5, 5.41) is 7.50. The molecule has 1 amide bonds. The maximum atomic E-state index is 11.6. The van der Waals surface area contributed by atoms with Crippen LogP contribution in [0.1, 0.15) is 16.9 Å². The van der Waals surface area contributed by atoms with E-state index in [4.69, 9.17) is 0 Å².